The number of benzene rings is 2. The lowest BCUT2D eigenvalue weighted by molar-refractivity contribution is 1.38. The molecule has 0 bridgehead atoms. The van der Waals surface area contributed by atoms with Gasteiger partial charge in [-0.15, -0.1) is 0 Å². The summed E-state index contributed by atoms with van der Waals surface area (Å²) in [4.78, 5) is 0. The van der Waals surface area contributed by atoms with Crippen LogP contribution in [0.15, 0.2) is 42.5 Å². The molecule has 0 aromatic heterocycles. The number of rotatable bonds is 1. The van der Waals surface area contributed by atoms with Gasteiger partial charge >= 0.3 is 0 Å². The van der Waals surface area contributed by atoms with Crippen LogP contribution in [0.2, 0.25) is 0 Å². The Morgan fingerprint density at radius 3 is 2.65 bits per heavy atom. The second-order valence-electron chi connectivity index (χ2n) is 4.65. The van der Waals surface area contributed by atoms with Gasteiger partial charge in [0, 0.05) is 6.42 Å². The van der Waals surface area contributed by atoms with Crippen molar-refractivity contribution in [2.45, 2.75) is 13.8 Å². The van der Waals surface area contributed by atoms with Crippen LogP contribution in [0.4, 0.5) is 0 Å². The number of hydrogen-bond donors (Lipinski definition) is 0. The van der Waals surface area contributed by atoms with Gasteiger partial charge in [-0.1, -0.05) is 54.1 Å². The zero-order chi connectivity index (χ0) is 11.8. The summed E-state index contributed by atoms with van der Waals surface area (Å²) in [5.74, 6) is 0. The van der Waals surface area contributed by atoms with Crippen LogP contribution in [-0.2, 0) is 0 Å². The molecule has 83 valence electrons. The molecule has 1 aliphatic rings. The fourth-order valence-electron chi connectivity index (χ4n) is 2.42. The van der Waals surface area contributed by atoms with Crippen LogP contribution < -0.4 is 0 Å². The number of hydrogen-bond acceptors (Lipinski definition) is 0. The molecule has 0 amide bonds. The van der Waals surface area contributed by atoms with Crippen molar-refractivity contribution in [3.05, 3.63) is 71.1 Å². The average Bonchev–Trinajstić information content (AvgIpc) is 2.80. The van der Waals surface area contributed by atoms with Gasteiger partial charge in [-0.05, 0) is 41.7 Å². The van der Waals surface area contributed by atoms with Crippen LogP contribution in [0.3, 0.4) is 0 Å². The minimum Gasteiger partial charge on any atom is -0.0754 e. The standard InChI is InChI=1S/C17H15/c1-12-9-10-13(2)17(11-12)16-8-4-6-14-5-3-7-15(14)16/h3-11H,1-2H3. The third kappa shape index (κ3) is 1.70. The highest BCUT2D eigenvalue weighted by Crippen LogP contribution is 2.33. The number of aryl methyl sites for hydroxylation is 2. The van der Waals surface area contributed by atoms with Crippen LogP contribution in [0.25, 0.3) is 17.2 Å². The van der Waals surface area contributed by atoms with Gasteiger partial charge in [0.1, 0.15) is 0 Å². The van der Waals surface area contributed by atoms with E-state index < -0.39 is 0 Å². The van der Waals surface area contributed by atoms with Crippen molar-refractivity contribution in [2.24, 2.45) is 0 Å². The first-order chi connectivity index (χ1) is 8.25. The minimum absolute atomic E-state index is 1.31. The van der Waals surface area contributed by atoms with Crippen LogP contribution >= 0.6 is 0 Å². The first-order valence-electron chi connectivity index (χ1n) is 5.98. The second-order valence-corrected chi connectivity index (χ2v) is 4.65. The lowest BCUT2D eigenvalue weighted by Gasteiger charge is -2.11. The normalized spacial score (nSPS) is 12.8. The highest BCUT2D eigenvalue weighted by molar-refractivity contribution is 5.82. The smallest absolute Gasteiger partial charge is 0.0131 e. The van der Waals surface area contributed by atoms with Gasteiger partial charge in [-0.2, -0.15) is 0 Å². The maximum Gasteiger partial charge on any atom is 0.0131 e. The van der Waals surface area contributed by atoms with Crippen molar-refractivity contribution < 1.29 is 0 Å². The van der Waals surface area contributed by atoms with Gasteiger partial charge in [0.25, 0.3) is 0 Å². The van der Waals surface area contributed by atoms with E-state index in [0.717, 1.165) is 0 Å². The monoisotopic (exact) mass is 219 g/mol. The Balaban J connectivity index is 2.25. The molecule has 0 heteroatoms. The summed E-state index contributed by atoms with van der Waals surface area (Å²) >= 11 is 0. The van der Waals surface area contributed by atoms with Gasteiger partial charge < -0.3 is 0 Å². The third-order valence-corrected chi connectivity index (χ3v) is 3.36. The maximum absolute atomic E-state index is 2.27. The lowest BCUT2D eigenvalue weighted by atomic mass is 9.93. The topological polar surface area (TPSA) is 0 Å². The summed E-state index contributed by atoms with van der Waals surface area (Å²) in [7, 11) is 0. The van der Waals surface area contributed by atoms with Gasteiger partial charge in [0.05, 0.1) is 0 Å². The molecule has 0 fully saturated rings. The fourth-order valence-corrected chi connectivity index (χ4v) is 2.42. The van der Waals surface area contributed by atoms with Crippen molar-refractivity contribution in [1.29, 1.82) is 0 Å². The lowest BCUT2D eigenvalue weighted by Crippen LogP contribution is -1.89. The molecule has 1 radical (unpaired) electrons. The predicted molar refractivity (Wildman–Crippen MR) is 73.8 cm³/mol. The summed E-state index contributed by atoms with van der Waals surface area (Å²) in [5, 5.41) is 0. The molecule has 2 aromatic carbocycles. The average molecular weight is 219 g/mol. The Bertz CT molecular complexity index is 603. The van der Waals surface area contributed by atoms with E-state index in [9.17, 15) is 0 Å². The van der Waals surface area contributed by atoms with Crippen molar-refractivity contribution >= 4 is 6.08 Å². The molecule has 1 aliphatic carbocycles. The van der Waals surface area contributed by atoms with Crippen LogP contribution in [0, 0.1) is 20.3 Å². The first-order valence-corrected chi connectivity index (χ1v) is 5.98. The Morgan fingerprint density at radius 2 is 1.76 bits per heavy atom. The van der Waals surface area contributed by atoms with E-state index >= 15 is 0 Å². The fraction of sp³-hybridized carbons (Fsp3) is 0.118. The van der Waals surface area contributed by atoms with Gasteiger partial charge in [0.2, 0.25) is 0 Å². The third-order valence-electron chi connectivity index (χ3n) is 3.36. The van der Waals surface area contributed by atoms with Crippen molar-refractivity contribution in [2.75, 3.05) is 0 Å². The quantitative estimate of drug-likeness (QED) is 0.660. The molecule has 0 spiro atoms. The largest absolute Gasteiger partial charge is 0.0754 e. The Labute approximate surface area is 103 Å². The number of allylic oxidation sites excluding steroid dienone is 1. The summed E-state index contributed by atoms with van der Waals surface area (Å²) in [5.41, 5.74) is 8.01. The molecule has 0 aliphatic heterocycles. The van der Waals surface area contributed by atoms with E-state index in [0.29, 0.717) is 0 Å². The van der Waals surface area contributed by atoms with E-state index in [4.69, 9.17) is 0 Å². The summed E-state index contributed by atoms with van der Waals surface area (Å²) in [6.07, 6.45) is 6.50. The zero-order valence-corrected chi connectivity index (χ0v) is 10.2. The SMILES string of the molecule is Cc1ccc(C)c(-c2cccc3c2C=C[CH]3)c1. The van der Waals surface area contributed by atoms with Crippen molar-refractivity contribution in [3.8, 4) is 11.1 Å². The Kier molecular flexibility index (Phi) is 2.36. The molecule has 0 saturated heterocycles. The van der Waals surface area contributed by atoms with E-state index in [1.54, 1.807) is 0 Å². The van der Waals surface area contributed by atoms with Crippen LogP contribution in [-0.4, -0.2) is 0 Å². The second kappa shape index (κ2) is 3.89. The van der Waals surface area contributed by atoms with E-state index in [-0.39, 0.29) is 0 Å². The van der Waals surface area contributed by atoms with Crippen molar-refractivity contribution in [3.63, 3.8) is 0 Å². The van der Waals surface area contributed by atoms with Gasteiger partial charge in [0.15, 0.2) is 0 Å². The zero-order valence-electron chi connectivity index (χ0n) is 10.2. The molecule has 0 heterocycles. The molecule has 17 heavy (non-hydrogen) atoms. The molecule has 2 aromatic rings. The van der Waals surface area contributed by atoms with E-state index in [1.165, 1.54) is 33.4 Å². The number of fused-ring (bicyclic) bond motifs is 1. The van der Waals surface area contributed by atoms with E-state index in [1.807, 2.05) is 0 Å². The summed E-state index contributed by atoms with van der Waals surface area (Å²) in [6.45, 7) is 4.32. The molecule has 0 nitrogen and oxygen atoms in total. The molecule has 0 saturated carbocycles. The van der Waals surface area contributed by atoms with Crippen LogP contribution in [0.1, 0.15) is 22.3 Å². The highest BCUT2D eigenvalue weighted by atomic mass is 14.2. The summed E-state index contributed by atoms with van der Waals surface area (Å²) in [6, 6.07) is 13.2. The maximum atomic E-state index is 2.27. The minimum atomic E-state index is 1.31. The molecular weight excluding hydrogens is 204 g/mol. The molecule has 0 atom stereocenters. The van der Waals surface area contributed by atoms with Crippen LogP contribution in [0.5, 0.6) is 0 Å². The molecule has 3 rings (SSSR count). The predicted octanol–water partition coefficient (Wildman–Crippen LogP) is 4.55. The molecule has 0 N–H and O–H groups in total. The Morgan fingerprint density at radius 1 is 0.882 bits per heavy atom. The molecule has 0 unspecified atom stereocenters. The van der Waals surface area contributed by atoms with Gasteiger partial charge in [-0.3, -0.25) is 0 Å². The van der Waals surface area contributed by atoms with E-state index in [2.05, 4.69) is 68.8 Å². The summed E-state index contributed by atoms with van der Waals surface area (Å²) < 4.78 is 0. The Hall–Kier alpha value is -1.82. The highest BCUT2D eigenvalue weighted by Gasteiger charge is 2.12. The molecular formula is C17H15. The van der Waals surface area contributed by atoms with Crippen molar-refractivity contribution in [1.82, 2.24) is 0 Å². The first kappa shape index (κ1) is 10.3. The van der Waals surface area contributed by atoms with Gasteiger partial charge in [-0.25, -0.2) is 0 Å².